The summed E-state index contributed by atoms with van der Waals surface area (Å²) in [5.41, 5.74) is 0.572. The molecule has 0 bridgehead atoms. The summed E-state index contributed by atoms with van der Waals surface area (Å²) in [5, 5.41) is 0. The number of sulfonamides is 1. The fourth-order valence-electron chi connectivity index (χ4n) is 3.83. The lowest BCUT2D eigenvalue weighted by atomic mass is 9.99. The van der Waals surface area contributed by atoms with E-state index in [0.29, 0.717) is 36.9 Å². The maximum atomic E-state index is 13.5. The van der Waals surface area contributed by atoms with Crippen LogP contribution >= 0.6 is 0 Å². The topological polar surface area (TPSA) is 85.4 Å². The summed E-state index contributed by atoms with van der Waals surface area (Å²) >= 11 is 0. The molecule has 0 radical (unpaired) electrons. The number of urea groups is 1. The molecule has 0 saturated carbocycles. The average Bonchev–Trinajstić information content (AvgIpc) is 2.77. The van der Waals surface area contributed by atoms with E-state index in [2.05, 4.69) is 0 Å². The zero-order valence-corrected chi connectivity index (χ0v) is 17.7. The summed E-state index contributed by atoms with van der Waals surface area (Å²) in [6.07, 6.45) is 1.65. The van der Waals surface area contributed by atoms with Gasteiger partial charge in [-0.25, -0.2) is 13.2 Å². The molecule has 1 fully saturated rings. The van der Waals surface area contributed by atoms with Crippen LogP contribution in [0.5, 0.6) is 11.5 Å². The second-order valence-electron chi connectivity index (χ2n) is 7.26. The van der Waals surface area contributed by atoms with Crippen LogP contribution in [0.25, 0.3) is 0 Å². The molecule has 8 nitrogen and oxygen atoms in total. The Hall–Kier alpha value is -2.78. The van der Waals surface area contributed by atoms with Gasteiger partial charge in [0, 0.05) is 38.0 Å². The lowest BCUT2D eigenvalue weighted by molar-refractivity contribution is 0.0685. The van der Waals surface area contributed by atoms with Gasteiger partial charge in [-0.15, -0.1) is 0 Å². The molecule has 0 aromatic heterocycles. The van der Waals surface area contributed by atoms with Crippen LogP contribution in [0.1, 0.15) is 12.8 Å². The summed E-state index contributed by atoms with van der Waals surface area (Å²) < 4.78 is 43.7. The van der Waals surface area contributed by atoms with Gasteiger partial charge in [0.25, 0.3) is 10.0 Å². The number of nitrogens with zero attached hydrogens (tertiary/aromatic N) is 2. The van der Waals surface area contributed by atoms with E-state index in [0.717, 1.165) is 17.1 Å². The number of carbonyl (C=O) groups excluding carboxylic acids is 1. The number of ether oxygens (including phenoxy) is 3. The third kappa shape index (κ3) is 3.59. The Morgan fingerprint density at radius 2 is 1.67 bits per heavy atom. The molecule has 30 heavy (non-hydrogen) atoms. The molecule has 4 rings (SSSR count). The minimum Gasteiger partial charge on any atom is -0.497 e. The molecule has 2 amide bonds. The molecular weight excluding hydrogens is 408 g/mol. The smallest absolute Gasteiger partial charge is 0.343 e. The van der Waals surface area contributed by atoms with Crippen LogP contribution in [-0.4, -0.2) is 48.4 Å². The Bertz CT molecular complexity index is 1030. The summed E-state index contributed by atoms with van der Waals surface area (Å²) in [7, 11) is -1.16. The molecule has 9 heteroatoms. The number of amides is 2. The fraction of sp³-hybridized carbons (Fsp3) is 0.381. The molecule has 0 N–H and O–H groups in total. The molecule has 0 spiro atoms. The van der Waals surface area contributed by atoms with Gasteiger partial charge >= 0.3 is 6.03 Å². The fourth-order valence-corrected chi connectivity index (χ4v) is 5.41. The largest absolute Gasteiger partial charge is 0.497 e. The molecule has 2 aliphatic heterocycles. The number of anilines is 2. The van der Waals surface area contributed by atoms with Crippen molar-refractivity contribution in [2.75, 3.05) is 43.2 Å². The van der Waals surface area contributed by atoms with Gasteiger partial charge in [-0.05, 0) is 30.9 Å². The van der Waals surface area contributed by atoms with Gasteiger partial charge in [-0.1, -0.05) is 12.1 Å². The van der Waals surface area contributed by atoms with Crippen molar-refractivity contribution in [3.8, 4) is 11.5 Å². The monoisotopic (exact) mass is 432 g/mol. The number of para-hydroxylation sites is 1. The average molecular weight is 432 g/mol. The van der Waals surface area contributed by atoms with E-state index in [4.69, 9.17) is 14.2 Å². The lowest BCUT2D eigenvalue weighted by Gasteiger charge is -2.38. The van der Waals surface area contributed by atoms with Crippen molar-refractivity contribution in [2.24, 2.45) is 5.92 Å². The molecule has 0 aliphatic carbocycles. The number of carbonyl (C=O) groups is 1. The highest BCUT2D eigenvalue weighted by atomic mass is 32.2. The quantitative estimate of drug-likeness (QED) is 0.721. The highest BCUT2D eigenvalue weighted by Gasteiger charge is 2.43. The van der Waals surface area contributed by atoms with E-state index in [-0.39, 0.29) is 16.5 Å². The molecule has 1 saturated heterocycles. The van der Waals surface area contributed by atoms with Crippen molar-refractivity contribution in [1.29, 1.82) is 0 Å². The van der Waals surface area contributed by atoms with Crippen LogP contribution in [-0.2, 0) is 14.8 Å². The van der Waals surface area contributed by atoms with E-state index in [1.54, 1.807) is 29.2 Å². The van der Waals surface area contributed by atoms with E-state index in [1.165, 1.54) is 32.4 Å². The van der Waals surface area contributed by atoms with E-state index < -0.39 is 16.1 Å². The summed E-state index contributed by atoms with van der Waals surface area (Å²) in [4.78, 5) is 15.2. The predicted octanol–water partition coefficient (Wildman–Crippen LogP) is 3.27. The van der Waals surface area contributed by atoms with Crippen molar-refractivity contribution < 1.29 is 27.4 Å². The zero-order chi connectivity index (χ0) is 21.3. The number of hydrogen-bond donors (Lipinski definition) is 0. The normalized spacial score (nSPS) is 18.8. The van der Waals surface area contributed by atoms with Crippen LogP contribution < -0.4 is 18.7 Å². The summed E-state index contributed by atoms with van der Waals surface area (Å²) in [6.45, 7) is 1.71. The Balaban J connectivity index is 1.82. The number of fused-ring (bicyclic) bond motifs is 1. The number of hydrogen-bond acceptors (Lipinski definition) is 6. The molecular formula is C21H24N2O6S. The highest BCUT2D eigenvalue weighted by molar-refractivity contribution is 7.94. The molecule has 2 aliphatic rings. The SMILES string of the molecule is COc1cc(OC)cc(N2C(=O)N(CC3CCOCC3)c3ccccc3S2(=O)=O)c1. The van der Waals surface area contributed by atoms with Gasteiger partial charge in [-0.3, -0.25) is 4.90 Å². The highest BCUT2D eigenvalue weighted by Crippen LogP contribution is 2.40. The summed E-state index contributed by atoms with van der Waals surface area (Å²) in [6, 6.07) is 10.6. The number of rotatable bonds is 5. The van der Waals surface area contributed by atoms with Crippen LogP contribution in [0.2, 0.25) is 0 Å². The first kappa shape index (κ1) is 20.5. The lowest BCUT2D eigenvalue weighted by Crippen LogP contribution is -2.52. The van der Waals surface area contributed by atoms with Crippen molar-refractivity contribution >= 4 is 27.4 Å². The number of methoxy groups -OCH3 is 2. The minimum atomic E-state index is -4.10. The maximum absolute atomic E-state index is 13.5. The van der Waals surface area contributed by atoms with E-state index >= 15 is 0 Å². The molecule has 0 atom stereocenters. The minimum absolute atomic E-state index is 0.0958. The second-order valence-corrected chi connectivity index (χ2v) is 9.01. The predicted molar refractivity (Wildman–Crippen MR) is 112 cm³/mol. The van der Waals surface area contributed by atoms with Crippen molar-refractivity contribution in [1.82, 2.24) is 0 Å². The van der Waals surface area contributed by atoms with E-state index in [9.17, 15) is 13.2 Å². The van der Waals surface area contributed by atoms with Gasteiger partial charge < -0.3 is 14.2 Å². The Labute approximate surface area is 176 Å². The first-order chi connectivity index (χ1) is 14.5. The first-order valence-corrected chi connectivity index (χ1v) is 11.2. The molecule has 2 aromatic carbocycles. The Morgan fingerprint density at radius 3 is 2.30 bits per heavy atom. The first-order valence-electron chi connectivity index (χ1n) is 9.72. The van der Waals surface area contributed by atoms with Gasteiger partial charge in [0.2, 0.25) is 0 Å². The molecule has 0 unspecified atom stereocenters. The van der Waals surface area contributed by atoms with E-state index in [1.807, 2.05) is 0 Å². The standard InChI is InChI=1S/C21H24N2O6S/c1-27-17-11-16(12-18(13-17)28-2)23-21(24)22(14-15-7-9-29-10-8-15)19-5-3-4-6-20(19)30(23,25)26/h3-6,11-13,15H,7-10,14H2,1-2H3. The van der Waals surface area contributed by atoms with Gasteiger partial charge in [-0.2, -0.15) is 4.31 Å². The third-order valence-corrected chi connectivity index (χ3v) is 7.18. The third-order valence-electron chi connectivity index (χ3n) is 5.43. The van der Waals surface area contributed by atoms with Gasteiger partial charge in [0.05, 0.1) is 25.6 Å². The van der Waals surface area contributed by atoms with Gasteiger partial charge in [0.1, 0.15) is 16.4 Å². The Morgan fingerprint density at radius 1 is 1.03 bits per heavy atom. The van der Waals surface area contributed by atoms with Crippen molar-refractivity contribution in [2.45, 2.75) is 17.7 Å². The van der Waals surface area contributed by atoms with Crippen LogP contribution in [0.15, 0.2) is 47.4 Å². The molecule has 160 valence electrons. The van der Waals surface area contributed by atoms with Crippen molar-refractivity contribution in [3.05, 3.63) is 42.5 Å². The maximum Gasteiger partial charge on any atom is 0.343 e. The van der Waals surface area contributed by atoms with Crippen LogP contribution in [0, 0.1) is 5.92 Å². The van der Waals surface area contributed by atoms with Crippen molar-refractivity contribution in [3.63, 3.8) is 0 Å². The van der Waals surface area contributed by atoms with Gasteiger partial charge in [0.15, 0.2) is 0 Å². The number of benzene rings is 2. The van der Waals surface area contributed by atoms with Crippen LogP contribution in [0.4, 0.5) is 16.2 Å². The zero-order valence-electron chi connectivity index (χ0n) is 16.9. The summed E-state index contributed by atoms with van der Waals surface area (Å²) in [5.74, 6) is 1.02. The molecule has 2 aromatic rings. The molecule has 2 heterocycles. The van der Waals surface area contributed by atoms with Crippen LogP contribution in [0.3, 0.4) is 0 Å². The second kappa shape index (κ2) is 8.16. The Kier molecular flexibility index (Phi) is 5.57.